The van der Waals surface area contributed by atoms with Crippen LogP contribution in [0.15, 0.2) is 72.8 Å². The number of aryl methyl sites for hydroxylation is 1. The standard InChI is InChI=1S/C28H30O3/c1-29-24-13-11-22(12-14-24)26-10-6-9-23-19-25(30-2)15-16-27(23)28(26)17-18-31-20-21-7-4-3-5-8-21/h3-5,7-8,11-16,19H,6,9-10,17-18,20H2,1-2H3. The van der Waals surface area contributed by atoms with Crippen LogP contribution in [0.4, 0.5) is 0 Å². The molecule has 0 N–H and O–H groups in total. The smallest absolute Gasteiger partial charge is 0.119 e. The number of methoxy groups -OCH3 is 2. The summed E-state index contributed by atoms with van der Waals surface area (Å²) >= 11 is 0. The van der Waals surface area contributed by atoms with E-state index >= 15 is 0 Å². The summed E-state index contributed by atoms with van der Waals surface area (Å²) in [6, 6.07) is 25.3. The molecule has 160 valence electrons. The van der Waals surface area contributed by atoms with E-state index in [1.807, 2.05) is 18.2 Å². The fourth-order valence-corrected chi connectivity index (χ4v) is 4.30. The highest BCUT2D eigenvalue weighted by Crippen LogP contribution is 2.39. The molecule has 3 aromatic carbocycles. The molecule has 0 amide bonds. The molecular formula is C28H30O3. The fourth-order valence-electron chi connectivity index (χ4n) is 4.30. The lowest BCUT2D eigenvalue weighted by atomic mass is 9.90. The van der Waals surface area contributed by atoms with Crippen molar-refractivity contribution in [3.63, 3.8) is 0 Å². The molecule has 3 nitrogen and oxygen atoms in total. The Bertz CT molecular complexity index is 1020. The van der Waals surface area contributed by atoms with Gasteiger partial charge in [-0.1, -0.05) is 48.5 Å². The molecule has 0 heterocycles. The molecule has 3 heteroatoms. The van der Waals surface area contributed by atoms with Gasteiger partial charge in [-0.3, -0.25) is 0 Å². The van der Waals surface area contributed by atoms with Crippen LogP contribution in [0.5, 0.6) is 11.5 Å². The first-order valence-corrected chi connectivity index (χ1v) is 10.9. The van der Waals surface area contributed by atoms with E-state index in [0.29, 0.717) is 13.2 Å². The quantitative estimate of drug-likeness (QED) is 0.391. The summed E-state index contributed by atoms with van der Waals surface area (Å²) in [6.07, 6.45) is 4.11. The van der Waals surface area contributed by atoms with Gasteiger partial charge in [0.05, 0.1) is 27.4 Å². The predicted molar refractivity (Wildman–Crippen MR) is 126 cm³/mol. The van der Waals surface area contributed by atoms with Crippen molar-refractivity contribution in [1.29, 1.82) is 0 Å². The zero-order valence-electron chi connectivity index (χ0n) is 18.4. The normalized spacial score (nSPS) is 13.5. The van der Waals surface area contributed by atoms with Crippen LogP contribution in [0, 0.1) is 0 Å². The van der Waals surface area contributed by atoms with Crippen LogP contribution in [0.1, 0.15) is 41.5 Å². The second kappa shape index (κ2) is 10.3. The van der Waals surface area contributed by atoms with Gasteiger partial charge in [0.25, 0.3) is 0 Å². The Morgan fingerprint density at radius 3 is 2.26 bits per heavy atom. The maximum absolute atomic E-state index is 6.07. The van der Waals surface area contributed by atoms with Crippen molar-refractivity contribution in [2.24, 2.45) is 0 Å². The van der Waals surface area contributed by atoms with Crippen LogP contribution in [-0.2, 0) is 17.8 Å². The average molecular weight is 415 g/mol. The molecule has 31 heavy (non-hydrogen) atoms. The molecule has 0 atom stereocenters. The minimum atomic E-state index is 0.640. The first-order chi connectivity index (χ1) is 15.3. The van der Waals surface area contributed by atoms with Crippen LogP contribution >= 0.6 is 0 Å². The Balaban J connectivity index is 1.63. The van der Waals surface area contributed by atoms with Gasteiger partial charge in [-0.2, -0.15) is 0 Å². The van der Waals surface area contributed by atoms with Gasteiger partial charge in [0.2, 0.25) is 0 Å². The van der Waals surface area contributed by atoms with Gasteiger partial charge in [0.1, 0.15) is 11.5 Å². The van der Waals surface area contributed by atoms with Crippen molar-refractivity contribution in [3.8, 4) is 11.5 Å². The van der Waals surface area contributed by atoms with Gasteiger partial charge in [0, 0.05) is 0 Å². The lowest BCUT2D eigenvalue weighted by molar-refractivity contribution is 0.126. The maximum Gasteiger partial charge on any atom is 0.119 e. The highest BCUT2D eigenvalue weighted by atomic mass is 16.5. The van der Waals surface area contributed by atoms with Crippen molar-refractivity contribution >= 4 is 11.1 Å². The molecule has 0 aromatic heterocycles. The Kier molecular flexibility index (Phi) is 7.06. The topological polar surface area (TPSA) is 27.7 Å². The summed E-state index contributed by atoms with van der Waals surface area (Å²) in [5.74, 6) is 1.81. The van der Waals surface area contributed by atoms with Gasteiger partial charge in [-0.15, -0.1) is 0 Å². The third kappa shape index (κ3) is 5.18. The van der Waals surface area contributed by atoms with Crippen LogP contribution in [0.2, 0.25) is 0 Å². The molecule has 0 aliphatic heterocycles. The summed E-state index contributed by atoms with van der Waals surface area (Å²) in [7, 11) is 3.44. The van der Waals surface area contributed by atoms with Crippen molar-refractivity contribution < 1.29 is 14.2 Å². The summed E-state index contributed by atoms with van der Waals surface area (Å²) in [5, 5.41) is 0. The molecule has 4 rings (SSSR count). The lowest BCUT2D eigenvalue weighted by Crippen LogP contribution is -2.01. The highest BCUT2D eigenvalue weighted by molar-refractivity contribution is 5.92. The maximum atomic E-state index is 6.07. The largest absolute Gasteiger partial charge is 0.497 e. The van der Waals surface area contributed by atoms with E-state index < -0.39 is 0 Å². The molecule has 0 saturated heterocycles. The zero-order chi connectivity index (χ0) is 21.5. The molecule has 0 fully saturated rings. The van der Waals surface area contributed by atoms with Crippen LogP contribution in [0.25, 0.3) is 11.1 Å². The average Bonchev–Trinajstić information content (AvgIpc) is 3.01. The van der Waals surface area contributed by atoms with Crippen molar-refractivity contribution in [1.82, 2.24) is 0 Å². The van der Waals surface area contributed by atoms with Gasteiger partial charge in [-0.05, 0) is 83.3 Å². The van der Waals surface area contributed by atoms with Crippen LogP contribution < -0.4 is 9.47 Å². The SMILES string of the molecule is COc1ccc(C2=C(CCOCc3ccccc3)c3ccc(OC)cc3CCC2)cc1. The monoisotopic (exact) mass is 414 g/mol. The first kappa shape index (κ1) is 21.2. The Morgan fingerprint density at radius 1 is 0.774 bits per heavy atom. The first-order valence-electron chi connectivity index (χ1n) is 10.9. The zero-order valence-corrected chi connectivity index (χ0v) is 18.4. The number of allylic oxidation sites excluding steroid dienone is 1. The summed E-state index contributed by atoms with van der Waals surface area (Å²) in [6.45, 7) is 1.33. The number of ether oxygens (including phenoxy) is 3. The molecule has 0 spiro atoms. The van der Waals surface area contributed by atoms with Gasteiger partial charge < -0.3 is 14.2 Å². The number of benzene rings is 3. The van der Waals surface area contributed by atoms with E-state index in [4.69, 9.17) is 14.2 Å². The molecule has 0 bridgehead atoms. The lowest BCUT2D eigenvalue weighted by Gasteiger charge is -2.17. The second-order valence-corrected chi connectivity index (χ2v) is 7.85. The van der Waals surface area contributed by atoms with Crippen molar-refractivity contribution in [3.05, 3.63) is 95.1 Å². The number of hydrogen-bond acceptors (Lipinski definition) is 3. The molecular weight excluding hydrogens is 384 g/mol. The van der Waals surface area contributed by atoms with Gasteiger partial charge in [0.15, 0.2) is 0 Å². The number of hydrogen-bond donors (Lipinski definition) is 0. The van der Waals surface area contributed by atoms with Gasteiger partial charge >= 0.3 is 0 Å². The van der Waals surface area contributed by atoms with Crippen LogP contribution in [-0.4, -0.2) is 20.8 Å². The third-order valence-electron chi connectivity index (χ3n) is 5.92. The highest BCUT2D eigenvalue weighted by Gasteiger charge is 2.19. The molecule has 1 aliphatic carbocycles. The molecule has 0 unspecified atom stereocenters. The summed E-state index contributed by atoms with van der Waals surface area (Å²) in [4.78, 5) is 0. The van der Waals surface area contributed by atoms with E-state index in [1.54, 1.807) is 14.2 Å². The summed E-state index contributed by atoms with van der Waals surface area (Å²) < 4.78 is 16.9. The van der Waals surface area contributed by atoms with Crippen molar-refractivity contribution in [2.75, 3.05) is 20.8 Å². The summed E-state index contributed by atoms with van der Waals surface area (Å²) in [5.41, 5.74) is 7.96. The second-order valence-electron chi connectivity index (χ2n) is 7.85. The van der Waals surface area contributed by atoms with E-state index in [1.165, 1.54) is 33.4 Å². The Hall–Kier alpha value is -3.04. The fraction of sp³-hybridized carbons (Fsp3) is 0.286. The molecule has 3 aromatic rings. The number of fused-ring (bicyclic) bond motifs is 1. The van der Waals surface area contributed by atoms with E-state index in [-0.39, 0.29) is 0 Å². The number of rotatable bonds is 8. The minimum absolute atomic E-state index is 0.640. The van der Waals surface area contributed by atoms with E-state index in [0.717, 1.165) is 37.2 Å². The predicted octanol–water partition coefficient (Wildman–Crippen LogP) is 6.56. The van der Waals surface area contributed by atoms with Crippen LogP contribution in [0.3, 0.4) is 0 Å². The van der Waals surface area contributed by atoms with E-state index in [2.05, 4.69) is 54.6 Å². The molecule has 0 saturated carbocycles. The van der Waals surface area contributed by atoms with Crippen molar-refractivity contribution in [2.45, 2.75) is 32.3 Å². The van der Waals surface area contributed by atoms with E-state index in [9.17, 15) is 0 Å². The Morgan fingerprint density at radius 2 is 1.52 bits per heavy atom. The molecule has 0 radical (unpaired) electrons. The Labute approximate surface area is 185 Å². The minimum Gasteiger partial charge on any atom is -0.497 e. The third-order valence-corrected chi connectivity index (χ3v) is 5.92. The molecule has 1 aliphatic rings. The van der Waals surface area contributed by atoms with Gasteiger partial charge in [-0.25, -0.2) is 0 Å².